The fourth-order valence-electron chi connectivity index (χ4n) is 4.41. The van der Waals surface area contributed by atoms with Gasteiger partial charge >= 0.3 is 6.09 Å². The normalized spacial score (nSPS) is 17.9. The molecule has 1 fully saturated rings. The molecule has 4 rings (SSSR count). The first-order valence-electron chi connectivity index (χ1n) is 11.1. The number of likely N-dealkylation sites (tertiary alicyclic amines) is 1. The second kappa shape index (κ2) is 9.20. The van der Waals surface area contributed by atoms with Crippen LogP contribution in [0.3, 0.4) is 0 Å². The summed E-state index contributed by atoms with van der Waals surface area (Å²) in [4.78, 5) is 22.8. The molecule has 1 amide bonds. The Kier molecular flexibility index (Phi) is 6.31. The number of hydrogen-bond donors (Lipinski definition) is 4. The number of carboxylic acid groups (broad SMARTS) is 1. The second-order valence-corrected chi connectivity index (χ2v) is 9.50. The predicted molar refractivity (Wildman–Crippen MR) is 131 cm³/mol. The summed E-state index contributed by atoms with van der Waals surface area (Å²) in [5.74, 6) is 6.53. The Morgan fingerprint density at radius 3 is 2.62 bits per heavy atom. The Morgan fingerprint density at radius 2 is 1.97 bits per heavy atom. The van der Waals surface area contributed by atoms with Crippen LogP contribution >= 0.6 is 0 Å². The van der Waals surface area contributed by atoms with Crippen molar-refractivity contribution in [3.63, 3.8) is 0 Å². The van der Waals surface area contributed by atoms with E-state index in [0.29, 0.717) is 41.3 Å². The van der Waals surface area contributed by atoms with E-state index < -0.39 is 6.09 Å². The van der Waals surface area contributed by atoms with E-state index in [-0.39, 0.29) is 29.9 Å². The van der Waals surface area contributed by atoms with Crippen LogP contribution in [0.1, 0.15) is 32.8 Å². The summed E-state index contributed by atoms with van der Waals surface area (Å²) < 4.78 is 0. The minimum Gasteiger partial charge on any atom is -0.507 e. The summed E-state index contributed by atoms with van der Waals surface area (Å²) in [6, 6.07) is 12.1. The van der Waals surface area contributed by atoms with E-state index in [2.05, 4.69) is 22.1 Å². The maximum absolute atomic E-state index is 11.9. The molecule has 2 aromatic carbocycles. The van der Waals surface area contributed by atoms with Crippen molar-refractivity contribution in [2.75, 3.05) is 18.5 Å². The Balaban J connectivity index is 1.79. The number of nitrogens with one attached hydrogen (secondary N) is 1. The number of aliphatic hydroxyl groups excluding tert-OH is 1. The zero-order chi connectivity index (χ0) is 24.5. The zero-order valence-electron chi connectivity index (χ0n) is 19.4. The van der Waals surface area contributed by atoms with Gasteiger partial charge in [0, 0.05) is 29.6 Å². The number of aliphatic hydroxyl groups is 1. The van der Waals surface area contributed by atoms with Crippen LogP contribution in [0.25, 0.3) is 22.3 Å². The number of phenolic OH excluding ortho intramolecular Hbond substituents is 1. The van der Waals surface area contributed by atoms with Gasteiger partial charge in [-0.25, -0.2) is 14.8 Å². The quantitative estimate of drug-likeness (QED) is 0.437. The van der Waals surface area contributed by atoms with Crippen molar-refractivity contribution in [3.8, 4) is 29.0 Å². The van der Waals surface area contributed by atoms with Crippen LogP contribution < -0.4 is 5.32 Å². The molecule has 8 nitrogen and oxygen atoms in total. The van der Waals surface area contributed by atoms with Crippen LogP contribution in [-0.2, 0) is 0 Å². The molecule has 1 aromatic heterocycles. The molecule has 176 valence electrons. The lowest BCUT2D eigenvalue weighted by atomic mass is 9.85. The minimum absolute atomic E-state index is 0.0731. The smallest absolute Gasteiger partial charge is 0.407 e. The van der Waals surface area contributed by atoms with Crippen LogP contribution in [0, 0.1) is 17.3 Å². The summed E-state index contributed by atoms with van der Waals surface area (Å²) in [5, 5.41) is 33.3. The fourth-order valence-corrected chi connectivity index (χ4v) is 4.41. The number of anilines is 1. The van der Waals surface area contributed by atoms with Gasteiger partial charge in [-0.3, -0.25) is 0 Å². The molecule has 8 heteroatoms. The fraction of sp³-hybridized carbons (Fsp3) is 0.346. The number of phenols is 1. The number of para-hydroxylation sites is 1. The topological polar surface area (TPSA) is 119 Å². The van der Waals surface area contributed by atoms with Crippen molar-refractivity contribution in [2.45, 2.75) is 39.3 Å². The lowest BCUT2D eigenvalue weighted by Gasteiger charge is -2.32. The van der Waals surface area contributed by atoms with Gasteiger partial charge in [0.2, 0.25) is 0 Å². The Bertz CT molecular complexity index is 1290. The molecule has 1 aliphatic heterocycles. The average molecular weight is 461 g/mol. The SMILES string of the molecule is CC(C)(C)C1CC(Nc2nc(-c3ccccc3O)nc3ccc(C#CCO)cc23)CN1C(=O)O. The van der Waals surface area contributed by atoms with E-state index in [1.54, 1.807) is 24.3 Å². The first-order chi connectivity index (χ1) is 16.2. The highest BCUT2D eigenvalue weighted by atomic mass is 16.4. The second-order valence-electron chi connectivity index (χ2n) is 9.50. The third kappa shape index (κ3) is 4.75. The summed E-state index contributed by atoms with van der Waals surface area (Å²) in [5.41, 5.74) is 1.65. The largest absolute Gasteiger partial charge is 0.507 e. The van der Waals surface area contributed by atoms with Gasteiger partial charge in [0.25, 0.3) is 0 Å². The highest BCUT2D eigenvalue weighted by molar-refractivity contribution is 5.92. The Morgan fingerprint density at radius 1 is 1.21 bits per heavy atom. The molecule has 4 N–H and O–H groups in total. The molecule has 2 atom stereocenters. The highest BCUT2D eigenvalue weighted by Gasteiger charge is 2.42. The maximum atomic E-state index is 11.9. The van der Waals surface area contributed by atoms with Crippen LogP contribution in [0.4, 0.5) is 10.6 Å². The van der Waals surface area contributed by atoms with Crippen molar-refractivity contribution in [1.82, 2.24) is 14.9 Å². The average Bonchev–Trinajstić information content (AvgIpc) is 3.23. The molecular weight excluding hydrogens is 432 g/mol. The third-order valence-electron chi connectivity index (χ3n) is 6.04. The first kappa shape index (κ1) is 23.3. The van der Waals surface area contributed by atoms with Gasteiger partial charge in [-0.05, 0) is 42.2 Å². The van der Waals surface area contributed by atoms with E-state index in [9.17, 15) is 15.0 Å². The Hall–Kier alpha value is -3.83. The molecule has 1 aliphatic rings. The molecule has 34 heavy (non-hydrogen) atoms. The summed E-state index contributed by atoms with van der Waals surface area (Å²) in [6.45, 7) is 6.21. The van der Waals surface area contributed by atoms with Crippen molar-refractivity contribution in [1.29, 1.82) is 0 Å². The molecule has 1 saturated heterocycles. The monoisotopic (exact) mass is 460 g/mol. The van der Waals surface area contributed by atoms with Crippen molar-refractivity contribution in [3.05, 3.63) is 48.0 Å². The molecule has 2 unspecified atom stereocenters. The van der Waals surface area contributed by atoms with E-state index in [0.717, 1.165) is 5.39 Å². The van der Waals surface area contributed by atoms with E-state index in [1.165, 1.54) is 4.90 Å². The molecule has 3 aromatic rings. The van der Waals surface area contributed by atoms with E-state index >= 15 is 0 Å². The molecule has 0 aliphatic carbocycles. The molecule has 0 spiro atoms. The maximum Gasteiger partial charge on any atom is 0.407 e. The summed E-state index contributed by atoms with van der Waals surface area (Å²) in [6.07, 6.45) is -0.301. The van der Waals surface area contributed by atoms with Gasteiger partial charge in [0.15, 0.2) is 5.82 Å². The van der Waals surface area contributed by atoms with E-state index in [4.69, 9.17) is 10.1 Å². The zero-order valence-corrected chi connectivity index (χ0v) is 19.4. The predicted octanol–water partition coefficient (Wildman–Crippen LogP) is 3.93. The van der Waals surface area contributed by atoms with Gasteiger partial charge in [-0.1, -0.05) is 44.7 Å². The van der Waals surface area contributed by atoms with Crippen LogP contribution in [0.15, 0.2) is 42.5 Å². The summed E-state index contributed by atoms with van der Waals surface area (Å²) >= 11 is 0. The van der Waals surface area contributed by atoms with Crippen LogP contribution in [0.5, 0.6) is 5.75 Å². The standard InChI is InChI=1S/C26H28N4O4/c1-26(2,3)22-14-17(15-30(22)25(33)34)27-24-19-13-16(7-6-12-31)10-11-20(19)28-23(29-24)18-8-4-5-9-21(18)32/h4-5,8-11,13,17,22,31-32H,12,14-15H2,1-3H3,(H,33,34)(H,27,28,29). The number of aromatic nitrogens is 2. The number of hydrogen-bond acceptors (Lipinski definition) is 6. The molecular formula is C26H28N4O4. The lowest BCUT2D eigenvalue weighted by molar-refractivity contribution is 0.106. The van der Waals surface area contributed by atoms with Gasteiger partial charge in [0.05, 0.1) is 11.1 Å². The van der Waals surface area contributed by atoms with Crippen LogP contribution in [-0.4, -0.2) is 61.5 Å². The number of fused-ring (bicyclic) bond motifs is 1. The number of nitrogens with zero attached hydrogens (tertiary/aromatic N) is 3. The molecule has 0 radical (unpaired) electrons. The molecule has 0 bridgehead atoms. The van der Waals surface area contributed by atoms with Gasteiger partial charge < -0.3 is 25.5 Å². The number of amides is 1. The molecule has 0 saturated carbocycles. The molecule has 2 heterocycles. The number of carbonyl (C=O) groups is 1. The van der Waals surface area contributed by atoms with Crippen molar-refractivity contribution >= 4 is 22.8 Å². The van der Waals surface area contributed by atoms with Crippen molar-refractivity contribution < 1.29 is 20.1 Å². The van der Waals surface area contributed by atoms with E-state index in [1.807, 2.05) is 39.0 Å². The third-order valence-corrected chi connectivity index (χ3v) is 6.04. The van der Waals surface area contributed by atoms with Gasteiger partial charge in [-0.15, -0.1) is 0 Å². The van der Waals surface area contributed by atoms with Gasteiger partial charge in [-0.2, -0.15) is 0 Å². The minimum atomic E-state index is -0.937. The lowest BCUT2D eigenvalue weighted by Crippen LogP contribution is -2.42. The number of aromatic hydroxyl groups is 1. The van der Waals surface area contributed by atoms with Crippen molar-refractivity contribution in [2.24, 2.45) is 5.41 Å². The highest BCUT2D eigenvalue weighted by Crippen LogP contribution is 2.36. The summed E-state index contributed by atoms with van der Waals surface area (Å²) in [7, 11) is 0. The number of rotatable bonds is 3. The van der Waals surface area contributed by atoms with Gasteiger partial charge in [0.1, 0.15) is 18.2 Å². The number of benzene rings is 2. The Labute approximate surface area is 198 Å². The first-order valence-corrected chi connectivity index (χ1v) is 11.1. The van der Waals surface area contributed by atoms with Crippen LogP contribution in [0.2, 0.25) is 0 Å².